The van der Waals surface area contributed by atoms with Gasteiger partial charge >= 0.3 is 0 Å². The highest BCUT2D eigenvalue weighted by Crippen LogP contribution is 2.30. The minimum absolute atomic E-state index is 0.371. The number of hydrogen-bond acceptors (Lipinski definition) is 4. The lowest BCUT2D eigenvalue weighted by atomic mass is 10.2. The van der Waals surface area contributed by atoms with E-state index in [1.165, 1.54) is 5.56 Å². The van der Waals surface area contributed by atoms with E-state index in [0.717, 1.165) is 24.5 Å². The van der Waals surface area contributed by atoms with Gasteiger partial charge < -0.3 is 15.2 Å². The smallest absolute Gasteiger partial charge is 0.141 e. The van der Waals surface area contributed by atoms with Gasteiger partial charge in [0.15, 0.2) is 0 Å². The molecule has 0 radical (unpaired) electrons. The van der Waals surface area contributed by atoms with Gasteiger partial charge in [-0.1, -0.05) is 6.07 Å². The Morgan fingerprint density at radius 2 is 2.35 bits per heavy atom. The van der Waals surface area contributed by atoms with Crippen molar-refractivity contribution in [2.24, 2.45) is 0 Å². The largest absolute Gasteiger partial charge is 0.495 e. The Balaban J connectivity index is 1.92. The summed E-state index contributed by atoms with van der Waals surface area (Å²) in [5, 5.41) is 0.610. The van der Waals surface area contributed by atoms with Crippen molar-refractivity contribution in [2.75, 3.05) is 19.5 Å². The van der Waals surface area contributed by atoms with Crippen molar-refractivity contribution in [2.45, 2.75) is 30.5 Å². The maximum atomic E-state index is 5.88. The average molecular weight is 253 g/mol. The predicted molar refractivity (Wildman–Crippen MR) is 72.5 cm³/mol. The third-order valence-corrected chi connectivity index (χ3v) is 4.61. The van der Waals surface area contributed by atoms with Crippen molar-refractivity contribution in [1.82, 2.24) is 0 Å². The summed E-state index contributed by atoms with van der Waals surface area (Å²) in [5.74, 6) is 1.73. The summed E-state index contributed by atoms with van der Waals surface area (Å²) in [5.41, 5.74) is 7.84. The van der Waals surface area contributed by atoms with E-state index in [0.29, 0.717) is 17.0 Å². The van der Waals surface area contributed by atoms with Crippen LogP contribution in [0.3, 0.4) is 0 Å². The van der Waals surface area contributed by atoms with Crippen molar-refractivity contribution in [1.29, 1.82) is 0 Å². The molecule has 1 heterocycles. The zero-order chi connectivity index (χ0) is 12.3. The van der Waals surface area contributed by atoms with Gasteiger partial charge in [-0.2, -0.15) is 11.8 Å². The molecule has 4 heteroatoms. The number of hydrogen-bond donors (Lipinski definition) is 1. The van der Waals surface area contributed by atoms with E-state index < -0.39 is 0 Å². The molecule has 1 fully saturated rings. The Hall–Kier alpha value is -0.870. The summed E-state index contributed by atoms with van der Waals surface area (Å²) in [6.07, 6.45) is 1.52. The first kappa shape index (κ1) is 12.6. The Morgan fingerprint density at radius 1 is 1.53 bits per heavy atom. The van der Waals surface area contributed by atoms with Gasteiger partial charge in [0.2, 0.25) is 0 Å². The van der Waals surface area contributed by atoms with Crippen LogP contribution in [-0.2, 0) is 10.5 Å². The molecule has 1 aliphatic rings. The highest BCUT2D eigenvalue weighted by molar-refractivity contribution is 7.99. The molecule has 1 aromatic rings. The van der Waals surface area contributed by atoms with E-state index in [1.54, 1.807) is 7.11 Å². The van der Waals surface area contributed by atoms with Gasteiger partial charge in [0.05, 0.1) is 18.9 Å². The van der Waals surface area contributed by atoms with Gasteiger partial charge in [-0.15, -0.1) is 0 Å². The number of rotatable bonds is 4. The number of anilines is 1. The summed E-state index contributed by atoms with van der Waals surface area (Å²) in [6, 6.07) is 5.99. The quantitative estimate of drug-likeness (QED) is 0.838. The van der Waals surface area contributed by atoms with Crippen LogP contribution in [0.5, 0.6) is 5.75 Å². The minimum Gasteiger partial charge on any atom is -0.495 e. The van der Waals surface area contributed by atoms with Crippen molar-refractivity contribution in [3.63, 3.8) is 0 Å². The van der Waals surface area contributed by atoms with Crippen LogP contribution in [-0.4, -0.2) is 25.1 Å². The van der Waals surface area contributed by atoms with Gasteiger partial charge in [-0.3, -0.25) is 0 Å². The zero-order valence-corrected chi connectivity index (χ0v) is 11.1. The second-order valence-electron chi connectivity index (χ2n) is 4.29. The first-order chi connectivity index (χ1) is 8.20. The van der Waals surface area contributed by atoms with Crippen molar-refractivity contribution >= 4 is 17.4 Å². The number of nitrogens with two attached hydrogens (primary N) is 1. The molecular weight excluding hydrogens is 234 g/mol. The average Bonchev–Trinajstić information content (AvgIpc) is 2.72. The van der Waals surface area contributed by atoms with Crippen LogP contribution in [0.4, 0.5) is 5.69 Å². The van der Waals surface area contributed by atoms with Crippen molar-refractivity contribution < 1.29 is 9.47 Å². The van der Waals surface area contributed by atoms with E-state index in [-0.39, 0.29) is 0 Å². The van der Waals surface area contributed by atoms with E-state index >= 15 is 0 Å². The number of thioether (sulfide) groups is 1. The fraction of sp³-hybridized carbons (Fsp3) is 0.538. The van der Waals surface area contributed by atoms with E-state index in [9.17, 15) is 0 Å². The molecular formula is C13H19NO2S. The molecule has 0 bridgehead atoms. The van der Waals surface area contributed by atoms with Crippen LogP contribution in [0.15, 0.2) is 18.2 Å². The van der Waals surface area contributed by atoms with Crippen LogP contribution < -0.4 is 10.5 Å². The second-order valence-corrected chi connectivity index (χ2v) is 5.52. The third kappa shape index (κ3) is 3.07. The van der Waals surface area contributed by atoms with Gasteiger partial charge in [-0.05, 0) is 31.0 Å². The lowest BCUT2D eigenvalue weighted by Gasteiger charge is -2.14. The lowest BCUT2D eigenvalue weighted by Crippen LogP contribution is -2.13. The molecule has 17 heavy (non-hydrogen) atoms. The van der Waals surface area contributed by atoms with Gasteiger partial charge in [0.1, 0.15) is 5.75 Å². The molecule has 2 atom stereocenters. The summed E-state index contributed by atoms with van der Waals surface area (Å²) in [4.78, 5) is 0. The molecule has 0 amide bonds. The number of nitrogen functional groups attached to an aromatic ring is 1. The first-order valence-corrected chi connectivity index (χ1v) is 6.91. The Morgan fingerprint density at radius 3 is 2.94 bits per heavy atom. The summed E-state index contributed by atoms with van der Waals surface area (Å²) in [6.45, 7) is 3.04. The highest BCUT2D eigenvalue weighted by atomic mass is 32.2. The summed E-state index contributed by atoms with van der Waals surface area (Å²) < 4.78 is 10.7. The SMILES string of the molecule is COc1ccc(CSC2CCOC2C)cc1N. The lowest BCUT2D eigenvalue weighted by molar-refractivity contribution is 0.127. The van der Waals surface area contributed by atoms with Gasteiger partial charge in [0, 0.05) is 17.6 Å². The fourth-order valence-electron chi connectivity index (χ4n) is 2.01. The normalized spacial score (nSPS) is 23.9. The topological polar surface area (TPSA) is 44.5 Å². The Labute approximate surface area is 107 Å². The maximum Gasteiger partial charge on any atom is 0.141 e. The number of methoxy groups -OCH3 is 1. The molecule has 0 aliphatic carbocycles. The van der Waals surface area contributed by atoms with Crippen LogP contribution in [0.1, 0.15) is 18.9 Å². The van der Waals surface area contributed by atoms with E-state index in [2.05, 4.69) is 13.0 Å². The number of ether oxygens (including phenoxy) is 2. The van der Waals surface area contributed by atoms with Gasteiger partial charge in [0.25, 0.3) is 0 Å². The van der Waals surface area contributed by atoms with E-state index in [1.807, 2.05) is 23.9 Å². The molecule has 0 aromatic heterocycles. The molecule has 1 saturated heterocycles. The molecule has 1 aromatic carbocycles. The Bertz CT molecular complexity index is 384. The highest BCUT2D eigenvalue weighted by Gasteiger charge is 2.24. The van der Waals surface area contributed by atoms with E-state index in [4.69, 9.17) is 15.2 Å². The second kappa shape index (κ2) is 5.65. The molecule has 94 valence electrons. The van der Waals surface area contributed by atoms with Gasteiger partial charge in [-0.25, -0.2) is 0 Å². The number of benzene rings is 1. The zero-order valence-electron chi connectivity index (χ0n) is 10.3. The summed E-state index contributed by atoms with van der Waals surface area (Å²) in [7, 11) is 1.64. The molecule has 1 aliphatic heterocycles. The summed E-state index contributed by atoms with van der Waals surface area (Å²) >= 11 is 1.95. The fourth-order valence-corrected chi connectivity index (χ4v) is 3.21. The molecule has 3 nitrogen and oxygen atoms in total. The van der Waals surface area contributed by atoms with Crippen molar-refractivity contribution in [3.05, 3.63) is 23.8 Å². The standard InChI is InChI=1S/C13H19NO2S/c1-9-13(5-6-16-9)17-8-10-3-4-12(15-2)11(14)7-10/h3-4,7,9,13H,5-6,8,14H2,1-2H3. The molecule has 0 spiro atoms. The third-order valence-electron chi connectivity index (χ3n) is 3.06. The van der Waals surface area contributed by atoms with Crippen LogP contribution in [0.25, 0.3) is 0 Å². The van der Waals surface area contributed by atoms with Crippen LogP contribution in [0.2, 0.25) is 0 Å². The van der Waals surface area contributed by atoms with Crippen LogP contribution >= 0.6 is 11.8 Å². The van der Waals surface area contributed by atoms with Crippen molar-refractivity contribution in [3.8, 4) is 5.75 Å². The predicted octanol–water partition coefficient (Wildman–Crippen LogP) is 2.69. The van der Waals surface area contributed by atoms with Crippen LogP contribution in [0, 0.1) is 0 Å². The molecule has 2 N–H and O–H groups in total. The monoisotopic (exact) mass is 253 g/mol. The molecule has 2 unspecified atom stereocenters. The molecule has 0 saturated carbocycles. The molecule has 2 rings (SSSR count). The Kier molecular flexibility index (Phi) is 4.18. The first-order valence-electron chi connectivity index (χ1n) is 5.86. The maximum absolute atomic E-state index is 5.88. The minimum atomic E-state index is 0.371.